The molecule has 0 saturated heterocycles. The fourth-order valence-corrected chi connectivity index (χ4v) is 2.32. The van der Waals surface area contributed by atoms with E-state index in [4.69, 9.17) is 0 Å². The highest BCUT2D eigenvalue weighted by Gasteiger charge is 2.21. The summed E-state index contributed by atoms with van der Waals surface area (Å²) in [5.41, 5.74) is 5.48. The van der Waals surface area contributed by atoms with Gasteiger partial charge in [0.2, 0.25) is 0 Å². The summed E-state index contributed by atoms with van der Waals surface area (Å²) in [5, 5.41) is 15.0. The predicted molar refractivity (Wildman–Crippen MR) is 77.3 cm³/mol. The van der Waals surface area contributed by atoms with Crippen LogP contribution in [0.2, 0.25) is 0 Å². The number of aromatic nitrogens is 2. The molecule has 2 rings (SSSR count). The van der Waals surface area contributed by atoms with Gasteiger partial charge < -0.3 is 5.11 Å². The molecule has 0 radical (unpaired) electrons. The van der Waals surface area contributed by atoms with E-state index in [9.17, 15) is 5.11 Å². The van der Waals surface area contributed by atoms with Crippen LogP contribution in [0.25, 0.3) is 0 Å². The average Bonchev–Trinajstić information content (AvgIpc) is 2.66. The molecule has 1 heterocycles. The first-order valence-electron chi connectivity index (χ1n) is 6.68. The summed E-state index contributed by atoms with van der Waals surface area (Å²) in [4.78, 5) is 0. The van der Waals surface area contributed by atoms with Crippen LogP contribution in [0.5, 0.6) is 0 Å². The number of rotatable bonds is 3. The Morgan fingerprint density at radius 2 is 1.63 bits per heavy atom. The van der Waals surface area contributed by atoms with Gasteiger partial charge >= 0.3 is 0 Å². The van der Waals surface area contributed by atoms with Gasteiger partial charge in [-0.3, -0.25) is 4.68 Å². The number of benzene rings is 1. The largest absolute Gasteiger partial charge is 0.386 e. The lowest BCUT2D eigenvalue weighted by Crippen LogP contribution is -2.17. The summed E-state index contributed by atoms with van der Waals surface area (Å²) < 4.78 is 1.93. The van der Waals surface area contributed by atoms with E-state index in [-0.39, 0.29) is 6.04 Å². The highest BCUT2D eigenvalue weighted by Crippen LogP contribution is 2.28. The Bertz CT molecular complexity index is 569. The van der Waals surface area contributed by atoms with Gasteiger partial charge in [-0.25, -0.2) is 0 Å². The van der Waals surface area contributed by atoms with Crippen molar-refractivity contribution in [1.82, 2.24) is 9.78 Å². The van der Waals surface area contributed by atoms with Gasteiger partial charge in [0.05, 0.1) is 11.7 Å². The van der Waals surface area contributed by atoms with Crippen LogP contribution in [0.4, 0.5) is 0 Å². The molecule has 0 aliphatic rings. The average molecular weight is 258 g/mol. The molecular formula is C16H22N2O. The molecule has 0 spiro atoms. The molecule has 19 heavy (non-hydrogen) atoms. The zero-order valence-corrected chi connectivity index (χ0v) is 12.3. The Hall–Kier alpha value is -1.61. The van der Waals surface area contributed by atoms with Crippen LogP contribution in [0.15, 0.2) is 24.3 Å². The van der Waals surface area contributed by atoms with E-state index < -0.39 is 6.10 Å². The second kappa shape index (κ2) is 5.17. The first kappa shape index (κ1) is 13.8. The van der Waals surface area contributed by atoms with Crippen LogP contribution in [0.3, 0.4) is 0 Å². The van der Waals surface area contributed by atoms with Crippen molar-refractivity contribution in [3.8, 4) is 0 Å². The molecule has 0 aliphatic carbocycles. The SMILES string of the molecule is Cc1ccc(C(O)C(C)n2nc(C)c(C)c2C)cc1. The van der Waals surface area contributed by atoms with E-state index >= 15 is 0 Å². The topological polar surface area (TPSA) is 38.0 Å². The molecule has 0 fully saturated rings. The molecule has 0 amide bonds. The molecule has 1 N–H and O–H groups in total. The number of hydrogen-bond donors (Lipinski definition) is 1. The van der Waals surface area contributed by atoms with Gasteiger partial charge in [-0.15, -0.1) is 0 Å². The van der Waals surface area contributed by atoms with Crippen LogP contribution in [0.1, 0.15) is 47.1 Å². The van der Waals surface area contributed by atoms with Gasteiger partial charge in [-0.2, -0.15) is 5.10 Å². The maximum Gasteiger partial charge on any atom is 0.101 e. The molecule has 0 saturated carbocycles. The zero-order chi connectivity index (χ0) is 14.2. The van der Waals surface area contributed by atoms with Crippen molar-refractivity contribution in [3.63, 3.8) is 0 Å². The van der Waals surface area contributed by atoms with Crippen LogP contribution in [-0.4, -0.2) is 14.9 Å². The van der Waals surface area contributed by atoms with Crippen LogP contribution >= 0.6 is 0 Å². The number of nitrogens with zero attached hydrogens (tertiary/aromatic N) is 2. The van der Waals surface area contributed by atoms with E-state index in [1.807, 2.05) is 56.6 Å². The number of aryl methyl sites for hydroxylation is 2. The number of aliphatic hydroxyl groups is 1. The Morgan fingerprint density at radius 1 is 1.05 bits per heavy atom. The summed E-state index contributed by atoms with van der Waals surface area (Å²) in [6.45, 7) is 10.2. The van der Waals surface area contributed by atoms with E-state index in [1.54, 1.807) is 0 Å². The lowest BCUT2D eigenvalue weighted by Gasteiger charge is -2.21. The predicted octanol–water partition coefficient (Wildman–Crippen LogP) is 3.41. The summed E-state index contributed by atoms with van der Waals surface area (Å²) in [6, 6.07) is 7.94. The second-order valence-corrected chi connectivity index (χ2v) is 5.34. The zero-order valence-electron chi connectivity index (χ0n) is 12.3. The first-order chi connectivity index (χ1) is 8.91. The van der Waals surface area contributed by atoms with Crippen LogP contribution in [-0.2, 0) is 0 Å². The van der Waals surface area contributed by atoms with Crippen molar-refractivity contribution in [2.24, 2.45) is 0 Å². The molecule has 102 valence electrons. The van der Waals surface area contributed by atoms with Crippen molar-refractivity contribution in [1.29, 1.82) is 0 Å². The number of aliphatic hydroxyl groups excluding tert-OH is 1. The molecule has 2 unspecified atom stereocenters. The van der Waals surface area contributed by atoms with E-state index in [0.29, 0.717) is 0 Å². The van der Waals surface area contributed by atoms with Gasteiger partial charge in [-0.1, -0.05) is 29.8 Å². The minimum absolute atomic E-state index is 0.0740. The molecule has 0 aliphatic heterocycles. The van der Waals surface area contributed by atoms with E-state index in [2.05, 4.69) is 12.0 Å². The van der Waals surface area contributed by atoms with Crippen molar-refractivity contribution >= 4 is 0 Å². The Labute approximate surface area is 114 Å². The molecule has 1 aromatic heterocycles. The number of hydrogen-bond acceptors (Lipinski definition) is 2. The Morgan fingerprint density at radius 3 is 2.11 bits per heavy atom. The Balaban J connectivity index is 2.30. The monoisotopic (exact) mass is 258 g/mol. The standard InChI is InChI=1S/C16H22N2O/c1-10-6-8-15(9-7-10)16(19)14(5)18-13(4)11(2)12(3)17-18/h6-9,14,16,19H,1-5H3. The maximum atomic E-state index is 10.5. The van der Waals surface area contributed by atoms with Crippen molar-refractivity contribution in [2.75, 3.05) is 0 Å². The third kappa shape index (κ3) is 2.56. The fourth-order valence-electron chi connectivity index (χ4n) is 2.32. The third-order valence-corrected chi connectivity index (χ3v) is 3.95. The van der Waals surface area contributed by atoms with Crippen LogP contribution < -0.4 is 0 Å². The van der Waals surface area contributed by atoms with Gasteiger partial charge in [0.25, 0.3) is 0 Å². The molecule has 0 bridgehead atoms. The highest BCUT2D eigenvalue weighted by atomic mass is 16.3. The highest BCUT2D eigenvalue weighted by molar-refractivity contribution is 5.26. The summed E-state index contributed by atoms with van der Waals surface area (Å²) >= 11 is 0. The summed E-state index contributed by atoms with van der Waals surface area (Å²) in [6.07, 6.45) is -0.544. The molecule has 2 aromatic rings. The fraction of sp³-hybridized carbons (Fsp3) is 0.438. The smallest absolute Gasteiger partial charge is 0.101 e. The van der Waals surface area contributed by atoms with Crippen molar-refractivity contribution in [2.45, 2.75) is 46.8 Å². The van der Waals surface area contributed by atoms with Gasteiger partial charge in [0.1, 0.15) is 6.10 Å². The van der Waals surface area contributed by atoms with Crippen LogP contribution in [0, 0.1) is 27.7 Å². The normalized spacial score (nSPS) is 14.4. The lowest BCUT2D eigenvalue weighted by atomic mass is 10.0. The third-order valence-electron chi connectivity index (χ3n) is 3.95. The quantitative estimate of drug-likeness (QED) is 0.916. The first-order valence-corrected chi connectivity index (χ1v) is 6.68. The molecule has 2 atom stereocenters. The lowest BCUT2D eigenvalue weighted by molar-refractivity contribution is 0.114. The second-order valence-electron chi connectivity index (χ2n) is 5.34. The van der Waals surface area contributed by atoms with E-state index in [1.165, 1.54) is 11.1 Å². The molecule has 3 nitrogen and oxygen atoms in total. The summed E-state index contributed by atoms with van der Waals surface area (Å²) in [5.74, 6) is 0. The minimum Gasteiger partial charge on any atom is -0.386 e. The van der Waals surface area contributed by atoms with Crippen molar-refractivity contribution < 1.29 is 5.11 Å². The van der Waals surface area contributed by atoms with Gasteiger partial charge in [-0.05, 0) is 45.7 Å². The van der Waals surface area contributed by atoms with E-state index in [0.717, 1.165) is 17.0 Å². The Kier molecular flexibility index (Phi) is 3.76. The molecule has 3 heteroatoms. The van der Waals surface area contributed by atoms with Gasteiger partial charge in [0.15, 0.2) is 0 Å². The summed E-state index contributed by atoms with van der Waals surface area (Å²) in [7, 11) is 0. The molecular weight excluding hydrogens is 236 g/mol. The molecule has 1 aromatic carbocycles. The van der Waals surface area contributed by atoms with Gasteiger partial charge in [0, 0.05) is 5.69 Å². The minimum atomic E-state index is -0.544. The maximum absolute atomic E-state index is 10.5. The van der Waals surface area contributed by atoms with Crippen molar-refractivity contribution in [3.05, 3.63) is 52.3 Å².